The van der Waals surface area contributed by atoms with Crippen molar-refractivity contribution in [2.45, 2.75) is 6.92 Å². The van der Waals surface area contributed by atoms with Crippen molar-refractivity contribution < 1.29 is 9.53 Å². The zero-order valence-corrected chi connectivity index (χ0v) is 13.5. The average molecular weight is 333 g/mol. The van der Waals surface area contributed by atoms with Crippen molar-refractivity contribution in [1.82, 2.24) is 9.97 Å². The summed E-state index contributed by atoms with van der Waals surface area (Å²) < 4.78 is 5.30. The quantitative estimate of drug-likeness (QED) is 0.935. The number of rotatable bonds is 3. The van der Waals surface area contributed by atoms with Crippen LogP contribution in [-0.4, -0.2) is 42.2 Å². The number of anilines is 2. The van der Waals surface area contributed by atoms with Crippen molar-refractivity contribution in [3.63, 3.8) is 0 Å². The minimum Gasteiger partial charge on any atom is -0.378 e. The SMILES string of the molecule is Cc1ccc(NC(=O)c2cnc(N3CCOCC3)cn2)cc1Cl. The predicted molar refractivity (Wildman–Crippen MR) is 89.2 cm³/mol. The molecule has 120 valence electrons. The first-order chi connectivity index (χ1) is 11.1. The molecule has 1 saturated heterocycles. The molecule has 1 aliphatic heterocycles. The second-order valence-electron chi connectivity index (χ2n) is 5.28. The van der Waals surface area contributed by atoms with Crippen LogP contribution in [0.2, 0.25) is 5.02 Å². The maximum Gasteiger partial charge on any atom is 0.275 e. The first-order valence-electron chi connectivity index (χ1n) is 7.36. The lowest BCUT2D eigenvalue weighted by Gasteiger charge is -2.27. The third kappa shape index (κ3) is 3.78. The fourth-order valence-corrected chi connectivity index (χ4v) is 2.44. The molecule has 0 aliphatic carbocycles. The van der Waals surface area contributed by atoms with Gasteiger partial charge in [-0.25, -0.2) is 9.97 Å². The van der Waals surface area contributed by atoms with Gasteiger partial charge in [-0.3, -0.25) is 4.79 Å². The van der Waals surface area contributed by atoms with Crippen LogP contribution in [0.4, 0.5) is 11.5 Å². The zero-order valence-electron chi connectivity index (χ0n) is 12.8. The Bertz CT molecular complexity index is 700. The van der Waals surface area contributed by atoms with E-state index in [1.54, 1.807) is 18.3 Å². The fraction of sp³-hybridized carbons (Fsp3) is 0.312. The molecule has 0 unspecified atom stereocenters. The van der Waals surface area contributed by atoms with Crippen LogP contribution in [0, 0.1) is 6.92 Å². The summed E-state index contributed by atoms with van der Waals surface area (Å²) in [7, 11) is 0. The molecule has 1 aromatic carbocycles. The van der Waals surface area contributed by atoms with Crippen LogP contribution in [0.5, 0.6) is 0 Å². The van der Waals surface area contributed by atoms with E-state index in [0.717, 1.165) is 24.5 Å². The van der Waals surface area contributed by atoms with Gasteiger partial charge in [0.05, 0.1) is 25.6 Å². The molecule has 0 atom stereocenters. The van der Waals surface area contributed by atoms with Gasteiger partial charge in [0, 0.05) is 23.8 Å². The van der Waals surface area contributed by atoms with Crippen LogP contribution in [0.25, 0.3) is 0 Å². The van der Waals surface area contributed by atoms with Crippen LogP contribution >= 0.6 is 11.6 Å². The van der Waals surface area contributed by atoms with Crippen molar-refractivity contribution in [2.24, 2.45) is 0 Å². The predicted octanol–water partition coefficient (Wildman–Crippen LogP) is 2.53. The van der Waals surface area contributed by atoms with Gasteiger partial charge in [0.15, 0.2) is 0 Å². The molecule has 2 heterocycles. The number of carbonyl (C=O) groups excluding carboxylic acids is 1. The van der Waals surface area contributed by atoms with E-state index in [2.05, 4.69) is 20.2 Å². The second-order valence-corrected chi connectivity index (χ2v) is 5.68. The zero-order chi connectivity index (χ0) is 16.2. The third-order valence-corrected chi connectivity index (χ3v) is 4.04. The fourth-order valence-electron chi connectivity index (χ4n) is 2.26. The van der Waals surface area contributed by atoms with E-state index in [4.69, 9.17) is 16.3 Å². The van der Waals surface area contributed by atoms with Crippen molar-refractivity contribution in [1.29, 1.82) is 0 Å². The maximum absolute atomic E-state index is 12.2. The summed E-state index contributed by atoms with van der Waals surface area (Å²) in [5.41, 5.74) is 1.85. The molecular formula is C16H17ClN4O2. The molecule has 1 aliphatic rings. The highest BCUT2D eigenvalue weighted by atomic mass is 35.5. The van der Waals surface area contributed by atoms with Crippen LogP contribution in [0.1, 0.15) is 16.1 Å². The number of carbonyl (C=O) groups is 1. The minimum absolute atomic E-state index is 0.263. The number of benzene rings is 1. The summed E-state index contributed by atoms with van der Waals surface area (Å²) >= 11 is 6.06. The highest BCUT2D eigenvalue weighted by Gasteiger charge is 2.14. The van der Waals surface area contributed by atoms with Crippen LogP contribution < -0.4 is 10.2 Å². The van der Waals surface area contributed by atoms with Crippen molar-refractivity contribution >= 4 is 29.0 Å². The lowest BCUT2D eigenvalue weighted by molar-refractivity contribution is 0.102. The summed E-state index contributed by atoms with van der Waals surface area (Å²) in [5.74, 6) is 0.439. The molecule has 0 radical (unpaired) electrons. The van der Waals surface area contributed by atoms with E-state index >= 15 is 0 Å². The topological polar surface area (TPSA) is 67.4 Å². The van der Waals surface area contributed by atoms with E-state index in [9.17, 15) is 4.79 Å². The van der Waals surface area contributed by atoms with Gasteiger partial charge < -0.3 is 15.0 Å². The van der Waals surface area contributed by atoms with Gasteiger partial charge in [0.2, 0.25) is 0 Å². The molecular weight excluding hydrogens is 316 g/mol. The Labute approximate surface area is 139 Å². The number of nitrogens with one attached hydrogen (secondary N) is 1. The number of amides is 1. The Morgan fingerprint density at radius 3 is 2.70 bits per heavy atom. The Morgan fingerprint density at radius 1 is 1.26 bits per heavy atom. The van der Waals surface area contributed by atoms with E-state index < -0.39 is 0 Å². The molecule has 7 heteroatoms. The van der Waals surface area contributed by atoms with Gasteiger partial charge in [-0.1, -0.05) is 17.7 Å². The summed E-state index contributed by atoms with van der Waals surface area (Å²) in [4.78, 5) is 22.8. The summed E-state index contributed by atoms with van der Waals surface area (Å²) in [6, 6.07) is 5.37. The Balaban J connectivity index is 1.68. The summed E-state index contributed by atoms with van der Waals surface area (Å²) in [6.07, 6.45) is 3.10. The Morgan fingerprint density at radius 2 is 2.04 bits per heavy atom. The minimum atomic E-state index is -0.314. The number of halogens is 1. The Kier molecular flexibility index (Phi) is 4.73. The number of morpholine rings is 1. The molecule has 1 N–H and O–H groups in total. The van der Waals surface area contributed by atoms with Gasteiger partial charge in [-0.15, -0.1) is 0 Å². The highest BCUT2D eigenvalue weighted by Crippen LogP contribution is 2.20. The molecule has 6 nitrogen and oxygen atoms in total. The number of hydrogen-bond acceptors (Lipinski definition) is 5. The Hall–Kier alpha value is -2.18. The molecule has 0 bridgehead atoms. The molecule has 2 aromatic rings. The lowest BCUT2D eigenvalue weighted by atomic mass is 10.2. The van der Waals surface area contributed by atoms with Crippen molar-refractivity contribution in [2.75, 3.05) is 36.5 Å². The van der Waals surface area contributed by atoms with Crippen molar-refractivity contribution in [3.05, 3.63) is 46.9 Å². The number of aryl methyl sites for hydroxylation is 1. The number of nitrogens with zero attached hydrogens (tertiary/aromatic N) is 3. The van der Waals surface area contributed by atoms with Gasteiger partial charge >= 0.3 is 0 Å². The summed E-state index contributed by atoms with van der Waals surface area (Å²) in [6.45, 7) is 4.82. The first-order valence-corrected chi connectivity index (χ1v) is 7.73. The van der Waals surface area contributed by atoms with Crippen LogP contribution in [0.3, 0.4) is 0 Å². The normalized spacial score (nSPS) is 14.6. The third-order valence-electron chi connectivity index (χ3n) is 3.64. The number of aromatic nitrogens is 2. The standard InChI is InChI=1S/C16H17ClN4O2/c1-11-2-3-12(8-13(11)17)20-16(22)14-9-19-15(10-18-14)21-4-6-23-7-5-21/h2-3,8-10H,4-7H2,1H3,(H,20,22). The average Bonchev–Trinajstić information content (AvgIpc) is 2.59. The van der Waals surface area contributed by atoms with E-state index in [1.165, 1.54) is 6.20 Å². The van der Waals surface area contributed by atoms with E-state index in [-0.39, 0.29) is 11.6 Å². The molecule has 1 fully saturated rings. The maximum atomic E-state index is 12.2. The first kappa shape index (κ1) is 15.7. The molecule has 1 amide bonds. The number of ether oxygens (including phenoxy) is 1. The van der Waals surface area contributed by atoms with Gasteiger partial charge in [0.25, 0.3) is 5.91 Å². The summed E-state index contributed by atoms with van der Waals surface area (Å²) in [5, 5.41) is 3.37. The van der Waals surface area contributed by atoms with Gasteiger partial charge in [-0.2, -0.15) is 0 Å². The van der Waals surface area contributed by atoms with Gasteiger partial charge in [-0.05, 0) is 24.6 Å². The molecule has 3 rings (SSSR count). The second kappa shape index (κ2) is 6.93. The van der Waals surface area contributed by atoms with Crippen LogP contribution in [-0.2, 0) is 4.74 Å². The van der Waals surface area contributed by atoms with Crippen molar-refractivity contribution in [3.8, 4) is 0 Å². The molecule has 1 aromatic heterocycles. The molecule has 23 heavy (non-hydrogen) atoms. The lowest BCUT2D eigenvalue weighted by Crippen LogP contribution is -2.36. The highest BCUT2D eigenvalue weighted by molar-refractivity contribution is 6.31. The largest absolute Gasteiger partial charge is 0.378 e. The van der Waals surface area contributed by atoms with Gasteiger partial charge in [0.1, 0.15) is 11.5 Å². The smallest absolute Gasteiger partial charge is 0.275 e. The molecule has 0 spiro atoms. The monoisotopic (exact) mass is 332 g/mol. The van der Waals surface area contributed by atoms with E-state index in [1.807, 2.05) is 13.0 Å². The van der Waals surface area contributed by atoms with Crippen LogP contribution in [0.15, 0.2) is 30.6 Å². The van der Waals surface area contributed by atoms with E-state index in [0.29, 0.717) is 23.9 Å². The molecule has 0 saturated carbocycles. The number of hydrogen-bond donors (Lipinski definition) is 1.